The Bertz CT molecular complexity index is 725. The molecule has 154 valence electrons. The number of rotatable bonds is 8. The van der Waals surface area contributed by atoms with E-state index < -0.39 is 17.7 Å². The van der Waals surface area contributed by atoms with Gasteiger partial charge in [-0.15, -0.1) is 0 Å². The van der Waals surface area contributed by atoms with Gasteiger partial charge in [-0.05, 0) is 52.7 Å². The van der Waals surface area contributed by atoms with Gasteiger partial charge in [0.2, 0.25) is 0 Å². The number of carbonyl (C=O) groups excluding carboxylic acids is 3. The molecule has 1 saturated carbocycles. The maximum Gasteiger partial charge on any atom is 0.429 e. The van der Waals surface area contributed by atoms with Crippen LogP contribution >= 0.6 is 0 Å². The lowest BCUT2D eigenvalue weighted by Crippen LogP contribution is -2.46. The summed E-state index contributed by atoms with van der Waals surface area (Å²) in [6, 6.07) is 5.10. The Morgan fingerprint density at radius 3 is 2.54 bits per heavy atom. The fraction of sp³-hybridized carbons (Fsp3) is 0.550. The van der Waals surface area contributed by atoms with Gasteiger partial charge >= 0.3 is 6.09 Å². The zero-order valence-electron chi connectivity index (χ0n) is 17.2. The van der Waals surface area contributed by atoms with E-state index in [-0.39, 0.29) is 12.3 Å². The average Bonchev–Trinajstić information content (AvgIpc) is 3.42. The summed E-state index contributed by atoms with van der Waals surface area (Å²) in [7, 11) is 1.57. The van der Waals surface area contributed by atoms with Gasteiger partial charge in [-0.25, -0.2) is 9.80 Å². The number of anilines is 2. The van der Waals surface area contributed by atoms with Crippen LogP contribution in [0.4, 0.5) is 16.2 Å². The summed E-state index contributed by atoms with van der Waals surface area (Å²) < 4.78 is 5.48. The zero-order chi connectivity index (χ0) is 20.9. The summed E-state index contributed by atoms with van der Waals surface area (Å²) in [5.74, 6) is -0.225. The standard InChI is InChI=1S/C20H30N4O4/c1-13(11-12-25)24(19(27)28-20(2,3)4)23-16-8-6-7-15(18(26)21-5)17(16)22-14-9-10-14/h6-8,12-14,22-23H,9-11H2,1-5H3,(H,21,26). The third-order valence-corrected chi connectivity index (χ3v) is 4.17. The predicted molar refractivity (Wildman–Crippen MR) is 108 cm³/mol. The molecule has 1 atom stereocenters. The van der Waals surface area contributed by atoms with Crippen molar-refractivity contribution in [3.8, 4) is 0 Å². The molecule has 1 unspecified atom stereocenters. The topological polar surface area (TPSA) is 99.8 Å². The van der Waals surface area contributed by atoms with E-state index in [0.717, 1.165) is 19.1 Å². The second kappa shape index (κ2) is 8.95. The van der Waals surface area contributed by atoms with Crippen LogP contribution in [0, 0.1) is 0 Å². The number of benzene rings is 1. The van der Waals surface area contributed by atoms with Crippen LogP contribution in [0.2, 0.25) is 0 Å². The minimum atomic E-state index is -0.684. The molecule has 2 amide bonds. The minimum absolute atomic E-state index is 0.146. The lowest BCUT2D eigenvalue weighted by Gasteiger charge is -2.32. The van der Waals surface area contributed by atoms with Gasteiger partial charge in [0.25, 0.3) is 5.91 Å². The van der Waals surface area contributed by atoms with Gasteiger partial charge in [0, 0.05) is 19.5 Å². The second-order valence-corrected chi connectivity index (χ2v) is 7.94. The van der Waals surface area contributed by atoms with Crippen LogP contribution in [0.3, 0.4) is 0 Å². The van der Waals surface area contributed by atoms with E-state index in [0.29, 0.717) is 23.0 Å². The SMILES string of the molecule is CNC(=O)c1cccc(NN(C(=O)OC(C)(C)C)C(C)CC=O)c1NC1CC1. The highest BCUT2D eigenvalue weighted by atomic mass is 16.6. The molecule has 0 radical (unpaired) electrons. The van der Waals surface area contributed by atoms with Crippen molar-refractivity contribution in [2.75, 3.05) is 17.8 Å². The van der Waals surface area contributed by atoms with Crippen molar-refractivity contribution in [2.24, 2.45) is 0 Å². The Morgan fingerprint density at radius 1 is 1.32 bits per heavy atom. The zero-order valence-corrected chi connectivity index (χ0v) is 17.2. The van der Waals surface area contributed by atoms with Crippen LogP contribution in [0.25, 0.3) is 0 Å². The molecule has 1 aromatic rings. The molecule has 0 aromatic heterocycles. The Labute approximate surface area is 166 Å². The summed E-state index contributed by atoms with van der Waals surface area (Å²) in [6.45, 7) is 7.08. The third kappa shape index (κ3) is 5.87. The van der Waals surface area contributed by atoms with Crippen LogP contribution in [0.15, 0.2) is 18.2 Å². The van der Waals surface area contributed by atoms with Crippen molar-refractivity contribution in [3.05, 3.63) is 23.8 Å². The summed E-state index contributed by atoms with van der Waals surface area (Å²) in [4.78, 5) is 36.0. The Balaban J connectivity index is 2.37. The maximum atomic E-state index is 12.7. The maximum absolute atomic E-state index is 12.7. The Hall–Kier alpha value is -2.77. The number of carbonyl (C=O) groups is 3. The molecule has 1 aromatic carbocycles. The normalized spacial score (nSPS) is 14.6. The first kappa shape index (κ1) is 21.5. The molecule has 1 fully saturated rings. The van der Waals surface area contributed by atoms with Gasteiger partial charge in [0.05, 0.1) is 23.0 Å². The van der Waals surface area contributed by atoms with Crippen molar-refractivity contribution in [1.29, 1.82) is 0 Å². The largest absolute Gasteiger partial charge is 0.442 e. The van der Waals surface area contributed by atoms with Gasteiger partial charge in [-0.3, -0.25) is 10.2 Å². The van der Waals surface area contributed by atoms with Gasteiger partial charge in [-0.1, -0.05) is 6.07 Å². The van der Waals surface area contributed by atoms with Crippen molar-refractivity contribution in [1.82, 2.24) is 10.3 Å². The molecule has 0 aliphatic heterocycles. The Morgan fingerprint density at radius 2 is 2.00 bits per heavy atom. The Kier molecular flexibility index (Phi) is 6.88. The van der Waals surface area contributed by atoms with E-state index in [2.05, 4.69) is 16.1 Å². The first-order chi connectivity index (χ1) is 13.2. The van der Waals surface area contributed by atoms with E-state index in [1.807, 2.05) is 0 Å². The van der Waals surface area contributed by atoms with Crippen LogP contribution in [-0.4, -0.2) is 48.0 Å². The predicted octanol–water partition coefficient (Wildman–Crippen LogP) is 3.16. The van der Waals surface area contributed by atoms with Crippen molar-refractivity contribution in [2.45, 2.75) is 64.6 Å². The van der Waals surface area contributed by atoms with E-state index in [1.54, 1.807) is 52.9 Å². The van der Waals surface area contributed by atoms with E-state index in [4.69, 9.17) is 4.74 Å². The molecule has 0 spiro atoms. The third-order valence-electron chi connectivity index (χ3n) is 4.17. The van der Waals surface area contributed by atoms with Crippen LogP contribution in [0.5, 0.6) is 0 Å². The van der Waals surface area contributed by atoms with Crippen LogP contribution in [0.1, 0.15) is 57.3 Å². The van der Waals surface area contributed by atoms with Gasteiger partial charge in [0.1, 0.15) is 11.9 Å². The van der Waals surface area contributed by atoms with E-state index >= 15 is 0 Å². The summed E-state index contributed by atoms with van der Waals surface area (Å²) in [5.41, 5.74) is 4.05. The molecule has 3 N–H and O–H groups in total. The molecule has 1 aliphatic carbocycles. The molecule has 0 saturated heterocycles. The highest BCUT2D eigenvalue weighted by Gasteiger charge is 2.29. The van der Waals surface area contributed by atoms with Crippen molar-refractivity contribution in [3.63, 3.8) is 0 Å². The minimum Gasteiger partial charge on any atom is -0.442 e. The monoisotopic (exact) mass is 390 g/mol. The number of ether oxygens (including phenoxy) is 1. The molecular formula is C20H30N4O4. The molecule has 8 nitrogen and oxygen atoms in total. The van der Waals surface area contributed by atoms with Gasteiger partial charge in [-0.2, -0.15) is 0 Å². The molecule has 2 rings (SSSR count). The lowest BCUT2D eigenvalue weighted by atomic mass is 10.1. The fourth-order valence-electron chi connectivity index (χ4n) is 2.58. The van der Waals surface area contributed by atoms with Crippen LogP contribution < -0.4 is 16.1 Å². The van der Waals surface area contributed by atoms with Crippen molar-refractivity contribution >= 4 is 29.7 Å². The molecular weight excluding hydrogens is 360 g/mol. The van der Waals surface area contributed by atoms with E-state index in [9.17, 15) is 14.4 Å². The van der Waals surface area contributed by atoms with Gasteiger partial charge < -0.3 is 20.2 Å². The van der Waals surface area contributed by atoms with Crippen molar-refractivity contribution < 1.29 is 19.1 Å². The number of aldehydes is 1. The summed E-state index contributed by atoms with van der Waals surface area (Å²) in [6.07, 6.45) is 2.36. The first-order valence-corrected chi connectivity index (χ1v) is 9.50. The summed E-state index contributed by atoms with van der Waals surface area (Å²) in [5, 5.41) is 7.29. The number of hydrogen-bond donors (Lipinski definition) is 3. The lowest BCUT2D eigenvalue weighted by molar-refractivity contribution is -0.108. The second-order valence-electron chi connectivity index (χ2n) is 7.94. The highest BCUT2D eigenvalue weighted by molar-refractivity contribution is 6.02. The summed E-state index contributed by atoms with van der Waals surface area (Å²) >= 11 is 0. The molecule has 0 bridgehead atoms. The number of para-hydroxylation sites is 1. The molecule has 28 heavy (non-hydrogen) atoms. The number of amides is 2. The number of nitrogens with one attached hydrogen (secondary N) is 3. The number of nitrogens with zero attached hydrogens (tertiary/aromatic N) is 1. The number of hydrogen-bond acceptors (Lipinski definition) is 6. The highest BCUT2D eigenvalue weighted by Crippen LogP contribution is 2.33. The fourth-order valence-corrected chi connectivity index (χ4v) is 2.58. The van der Waals surface area contributed by atoms with E-state index in [1.165, 1.54) is 5.01 Å². The smallest absolute Gasteiger partial charge is 0.429 e. The quantitative estimate of drug-likeness (QED) is 0.466. The molecule has 1 aliphatic rings. The molecule has 8 heteroatoms. The first-order valence-electron chi connectivity index (χ1n) is 9.50. The average molecular weight is 390 g/mol. The number of hydrazine groups is 1. The van der Waals surface area contributed by atoms with Crippen LogP contribution in [-0.2, 0) is 9.53 Å². The molecule has 0 heterocycles. The van der Waals surface area contributed by atoms with Gasteiger partial charge in [0.15, 0.2) is 0 Å².